The van der Waals surface area contributed by atoms with Gasteiger partial charge in [0.15, 0.2) is 0 Å². The first-order valence-electron chi connectivity index (χ1n) is 7.14. The van der Waals surface area contributed by atoms with Crippen LogP contribution in [0.1, 0.15) is 12.8 Å². The van der Waals surface area contributed by atoms with E-state index >= 15 is 0 Å². The van der Waals surface area contributed by atoms with Gasteiger partial charge in [0.05, 0.1) is 28.9 Å². The van der Waals surface area contributed by atoms with E-state index in [0.717, 1.165) is 17.0 Å². The van der Waals surface area contributed by atoms with Crippen molar-refractivity contribution in [3.8, 4) is 6.07 Å². The summed E-state index contributed by atoms with van der Waals surface area (Å²) in [5.74, 6) is 0.767. The number of hydrogen-bond donors (Lipinski definition) is 2. The standard InChI is InChI=1S/C14H17N5O2S/c15-7-3-4-8-22(20,21)18-11-9-19(10-11)14-16-12-5-1-2-6-13(12)17-14/h1-2,5-6,11,18H,3-4,8-10H2,(H,16,17). The lowest BCUT2D eigenvalue weighted by Gasteiger charge is -2.39. The zero-order valence-electron chi connectivity index (χ0n) is 12.0. The summed E-state index contributed by atoms with van der Waals surface area (Å²) < 4.78 is 26.3. The molecule has 1 saturated heterocycles. The maximum absolute atomic E-state index is 11.8. The average molecular weight is 319 g/mol. The summed E-state index contributed by atoms with van der Waals surface area (Å²) in [6, 6.07) is 9.62. The summed E-state index contributed by atoms with van der Waals surface area (Å²) in [5, 5.41) is 8.44. The molecule has 2 heterocycles. The highest BCUT2D eigenvalue weighted by Gasteiger charge is 2.31. The van der Waals surface area contributed by atoms with E-state index in [1.165, 1.54) is 0 Å². The zero-order chi connectivity index (χ0) is 15.6. The van der Waals surface area contributed by atoms with Gasteiger partial charge in [-0.2, -0.15) is 5.26 Å². The molecule has 22 heavy (non-hydrogen) atoms. The van der Waals surface area contributed by atoms with Gasteiger partial charge in [0, 0.05) is 19.5 Å². The van der Waals surface area contributed by atoms with Crippen LogP contribution in [0, 0.1) is 11.3 Å². The van der Waals surface area contributed by atoms with Crippen LogP contribution in [0.3, 0.4) is 0 Å². The number of nitrogens with zero attached hydrogens (tertiary/aromatic N) is 3. The Kier molecular flexibility index (Phi) is 4.00. The number of para-hydroxylation sites is 2. The van der Waals surface area contributed by atoms with Gasteiger partial charge in [-0.05, 0) is 18.6 Å². The molecule has 0 unspecified atom stereocenters. The number of benzene rings is 1. The minimum absolute atomic E-state index is 0.00168. The molecule has 2 aromatic rings. The molecule has 1 aromatic heterocycles. The number of nitriles is 1. The molecule has 1 aromatic carbocycles. The number of rotatable bonds is 6. The molecule has 8 heteroatoms. The van der Waals surface area contributed by atoms with Crippen molar-refractivity contribution >= 4 is 27.0 Å². The Bertz CT molecular complexity index is 769. The number of fused-ring (bicyclic) bond motifs is 1. The fourth-order valence-electron chi connectivity index (χ4n) is 2.47. The normalized spacial score (nSPS) is 15.7. The van der Waals surface area contributed by atoms with Gasteiger partial charge in [-0.3, -0.25) is 0 Å². The van der Waals surface area contributed by atoms with Crippen LogP contribution >= 0.6 is 0 Å². The quantitative estimate of drug-likeness (QED) is 0.773. The number of aromatic nitrogens is 2. The second kappa shape index (κ2) is 5.94. The van der Waals surface area contributed by atoms with Crippen molar-refractivity contribution < 1.29 is 8.42 Å². The Morgan fingerprint density at radius 2 is 2.18 bits per heavy atom. The third-order valence-corrected chi connectivity index (χ3v) is 5.12. The Balaban J connectivity index is 1.54. The zero-order valence-corrected chi connectivity index (χ0v) is 12.8. The summed E-state index contributed by atoms with van der Waals surface area (Å²) in [7, 11) is -3.30. The number of unbranched alkanes of at least 4 members (excludes halogenated alkanes) is 1. The third kappa shape index (κ3) is 3.21. The second-order valence-corrected chi connectivity index (χ2v) is 7.25. The Morgan fingerprint density at radius 1 is 1.41 bits per heavy atom. The van der Waals surface area contributed by atoms with E-state index < -0.39 is 10.0 Å². The molecule has 0 bridgehead atoms. The first kappa shape index (κ1) is 14.8. The minimum atomic E-state index is -3.30. The van der Waals surface area contributed by atoms with E-state index in [0.29, 0.717) is 19.5 Å². The number of imidazole rings is 1. The molecule has 0 aliphatic carbocycles. The molecule has 0 spiro atoms. The summed E-state index contributed by atoms with van der Waals surface area (Å²) in [6.45, 7) is 1.19. The van der Waals surface area contributed by atoms with Gasteiger partial charge in [0.1, 0.15) is 0 Å². The van der Waals surface area contributed by atoms with Gasteiger partial charge in [0.25, 0.3) is 0 Å². The first-order chi connectivity index (χ1) is 10.6. The van der Waals surface area contributed by atoms with E-state index in [9.17, 15) is 8.42 Å². The number of sulfonamides is 1. The fraction of sp³-hybridized carbons (Fsp3) is 0.429. The van der Waals surface area contributed by atoms with Gasteiger partial charge in [0.2, 0.25) is 16.0 Å². The van der Waals surface area contributed by atoms with Crippen LogP contribution < -0.4 is 9.62 Å². The molecule has 7 nitrogen and oxygen atoms in total. The molecule has 3 rings (SSSR count). The largest absolute Gasteiger partial charge is 0.339 e. The first-order valence-corrected chi connectivity index (χ1v) is 8.79. The van der Waals surface area contributed by atoms with Gasteiger partial charge in [-0.1, -0.05) is 12.1 Å². The van der Waals surface area contributed by atoms with Crippen molar-refractivity contribution in [3.63, 3.8) is 0 Å². The molecular formula is C14H17N5O2S. The van der Waals surface area contributed by atoms with Crippen LogP contribution in [0.2, 0.25) is 0 Å². The summed E-state index contributed by atoms with van der Waals surface area (Å²) in [4.78, 5) is 9.71. The van der Waals surface area contributed by atoms with Gasteiger partial charge < -0.3 is 9.88 Å². The lowest BCUT2D eigenvalue weighted by molar-refractivity contribution is 0.463. The van der Waals surface area contributed by atoms with E-state index in [1.807, 2.05) is 35.2 Å². The van der Waals surface area contributed by atoms with Crippen LogP contribution in [0.25, 0.3) is 11.0 Å². The fourth-order valence-corrected chi connectivity index (χ4v) is 3.77. The number of hydrogen-bond acceptors (Lipinski definition) is 5. The maximum Gasteiger partial charge on any atom is 0.212 e. The lowest BCUT2D eigenvalue weighted by Crippen LogP contribution is -2.60. The Hall–Kier alpha value is -2.11. The molecule has 1 fully saturated rings. The smallest absolute Gasteiger partial charge is 0.212 e. The minimum Gasteiger partial charge on any atom is -0.339 e. The number of H-pyrrole nitrogens is 1. The summed E-state index contributed by atoms with van der Waals surface area (Å²) >= 11 is 0. The van der Waals surface area contributed by atoms with Crippen molar-refractivity contribution in [1.29, 1.82) is 5.26 Å². The highest BCUT2D eigenvalue weighted by atomic mass is 32.2. The highest BCUT2D eigenvalue weighted by molar-refractivity contribution is 7.89. The Labute approximate surface area is 129 Å². The summed E-state index contributed by atoms with van der Waals surface area (Å²) in [6.07, 6.45) is 0.628. The maximum atomic E-state index is 11.8. The van der Waals surface area contributed by atoms with E-state index in [4.69, 9.17) is 5.26 Å². The molecule has 2 N–H and O–H groups in total. The molecule has 0 saturated carbocycles. The highest BCUT2D eigenvalue weighted by Crippen LogP contribution is 2.21. The van der Waals surface area contributed by atoms with Gasteiger partial charge in [-0.15, -0.1) is 0 Å². The lowest BCUT2D eigenvalue weighted by atomic mass is 10.1. The predicted molar refractivity (Wildman–Crippen MR) is 83.9 cm³/mol. The Morgan fingerprint density at radius 3 is 2.91 bits per heavy atom. The molecule has 0 amide bonds. The number of nitrogens with one attached hydrogen (secondary N) is 2. The SMILES string of the molecule is N#CCCCS(=O)(=O)NC1CN(c2nc3ccccc3[nH]2)C1. The topological polar surface area (TPSA) is 102 Å². The number of aromatic amines is 1. The van der Waals surface area contributed by atoms with Crippen molar-refractivity contribution in [1.82, 2.24) is 14.7 Å². The van der Waals surface area contributed by atoms with Crippen LogP contribution in [0.5, 0.6) is 0 Å². The van der Waals surface area contributed by atoms with Crippen molar-refractivity contribution in [2.45, 2.75) is 18.9 Å². The van der Waals surface area contributed by atoms with Crippen molar-refractivity contribution in [2.75, 3.05) is 23.7 Å². The molecule has 1 aliphatic rings. The van der Waals surface area contributed by atoms with Crippen LogP contribution in [-0.2, 0) is 10.0 Å². The predicted octanol–water partition coefficient (Wildman–Crippen LogP) is 0.975. The van der Waals surface area contributed by atoms with E-state index in [1.54, 1.807) is 0 Å². The second-order valence-electron chi connectivity index (χ2n) is 5.38. The van der Waals surface area contributed by atoms with Gasteiger partial charge in [-0.25, -0.2) is 18.1 Å². The molecule has 1 aliphatic heterocycles. The van der Waals surface area contributed by atoms with E-state index in [2.05, 4.69) is 14.7 Å². The monoisotopic (exact) mass is 319 g/mol. The van der Waals surface area contributed by atoms with Crippen LogP contribution in [-0.4, -0.2) is 43.3 Å². The average Bonchev–Trinajstić information content (AvgIpc) is 2.85. The van der Waals surface area contributed by atoms with E-state index in [-0.39, 0.29) is 18.2 Å². The molecular weight excluding hydrogens is 302 g/mol. The molecule has 116 valence electrons. The molecule has 0 radical (unpaired) electrons. The van der Waals surface area contributed by atoms with Crippen LogP contribution in [0.4, 0.5) is 5.95 Å². The van der Waals surface area contributed by atoms with Crippen LogP contribution in [0.15, 0.2) is 24.3 Å². The number of anilines is 1. The molecule has 0 atom stereocenters. The van der Waals surface area contributed by atoms with Crippen molar-refractivity contribution in [3.05, 3.63) is 24.3 Å². The van der Waals surface area contributed by atoms with Gasteiger partial charge >= 0.3 is 0 Å². The summed E-state index contributed by atoms with van der Waals surface area (Å²) in [5.41, 5.74) is 1.87. The van der Waals surface area contributed by atoms with Crippen molar-refractivity contribution in [2.24, 2.45) is 0 Å². The third-order valence-electron chi connectivity index (χ3n) is 3.61.